The Labute approximate surface area is 186 Å². The Bertz CT molecular complexity index is 998. The predicted molar refractivity (Wildman–Crippen MR) is 125 cm³/mol. The molecule has 1 amide bonds. The molecule has 158 valence electrons. The Morgan fingerprint density at radius 2 is 2.00 bits per heavy atom. The molecular formula is C24H29BrN4O. The fourth-order valence-corrected chi connectivity index (χ4v) is 4.47. The Morgan fingerprint density at radius 1 is 1.20 bits per heavy atom. The molecule has 30 heavy (non-hydrogen) atoms. The lowest BCUT2D eigenvalue weighted by molar-refractivity contribution is -0.126. The second-order valence-electron chi connectivity index (χ2n) is 8.05. The van der Waals surface area contributed by atoms with E-state index in [0.717, 1.165) is 78.9 Å². The summed E-state index contributed by atoms with van der Waals surface area (Å²) in [6, 6.07) is 16.6. The SMILES string of the molecule is CCCCNC(=O)[C@H]1CCCN(Cc2nc3ccccc3n2-c2ccc(Br)cc2)C1. The summed E-state index contributed by atoms with van der Waals surface area (Å²) >= 11 is 3.53. The van der Waals surface area contributed by atoms with Crippen molar-refractivity contribution >= 4 is 32.9 Å². The van der Waals surface area contributed by atoms with Crippen molar-refractivity contribution < 1.29 is 4.79 Å². The number of para-hydroxylation sites is 2. The number of piperidine rings is 1. The van der Waals surface area contributed by atoms with Gasteiger partial charge in [0.1, 0.15) is 5.82 Å². The van der Waals surface area contributed by atoms with Gasteiger partial charge in [-0.1, -0.05) is 41.4 Å². The lowest BCUT2D eigenvalue weighted by Crippen LogP contribution is -2.43. The van der Waals surface area contributed by atoms with Gasteiger partial charge in [-0.3, -0.25) is 14.3 Å². The number of benzene rings is 2. The molecule has 0 spiro atoms. The van der Waals surface area contributed by atoms with Crippen molar-refractivity contribution in [3.63, 3.8) is 0 Å². The first-order valence-electron chi connectivity index (χ1n) is 10.9. The number of fused-ring (bicyclic) bond motifs is 1. The maximum absolute atomic E-state index is 12.6. The summed E-state index contributed by atoms with van der Waals surface area (Å²) in [6.07, 6.45) is 4.16. The molecule has 1 N–H and O–H groups in total. The number of halogens is 1. The van der Waals surface area contributed by atoms with Gasteiger partial charge in [0, 0.05) is 23.2 Å². The first-order valence-corrected chi connectivity index (χ1v) is 11.7. The van der Waals surface area contributed by atoms with Crippen LogP contribution >= 0.6 is 15.9 Å². The van der Waals surface area contributed by atoms with Crippen molar-refractivity contribution in [3.05, 3.63) is 58.8 Å². The van der Waals surface area contributed by atoms with Gasteiger partial charge in [0.15, 0.2) is 0 Å². The molecule has 3 aromatic rings. The molecule has 0 unspecified atom stereocenters. The largest absolute Gasteiger partial charge is 0.356 e. The zero-order valence-corrected chi connectivity index (χ0v) is 19.1. The smallest absolute Gasteiger partial charge is 0.224 e. The van der Waals surface area contributed by atoms with Gasteiger partial charge in [-0.2, -0.15) is 0 Å². The van der Waals surface area contributed by atoms with E-state index in [0.29, 0.717) is 0 Å². The number of imidazole rings is 1. The van der Waals surface area contributed by atoms with Gasteiger partial charge in [0.25, 0.3) is 0 Å². The van der Waals surface area contributed by atoms with E-state index in [1.54, 1.807) is 0 Å². The number of hydrogen-bond acceptors (Lipinski definition) is 3. The molecule has 1 aromatic heterocycles. The fourth-order valence-electron chi connectivity index (χ4n) is 4.21. The summed E-state index contributed by atoms with van der Waals surface area (Å²) in [5.74, 6) is 1.29. The highest BCUT2D eigenvalue weighted by Crippen LogP contribution is 2.25. The summed E-state index contributed by atoms with van der Waals surface area (Å²) in [5, 5.41) is 3.11. The van der Waals surface area contributed by atoms with Crippen molar-refractivity contribution in [1.82, 2.24) is 19.8 Å². The van der Waals surface area contributed by atoms with Crippen LogP contribution in [0.5, 0.6) is 0 Å². The number of amides is 1. The third-order valence-corrected chi connectivity index (χ3v) is 6.31. The van der Waals surface area contributed by atoms with E-state index in [1.165, 1.54) is 0 Å². The highest BCUT2D eigenvalue weighted by molar-refractivity contribution is 9.10. The molecule has 5 nitrogen and oxygen atoms in total. The van der Waals surface area contributed by atoms with E-state index in [-0.39, 0.29) is 11.8 Å². The number of nitrogens with one attached hydrogen (secondary N) is 1. The first-order chi connectivity index (χ1) is 14.7. The molecule has 4 rings (SSSR count). The van der Waals surface area contributed by atoms with E-state index in [1.807, 2.05) is 6.07 Å². The molecule has 2 heterocycles. The summed E-state index contributed by atoms with van der Waals surface area (Å²) in [6.45, 7) is 5.46. The second-order valence-corrected chi connectivity index (χ2v) is 8.96. The summed E-state index contributed by atoms with van der Waals surface area (Å²) in [5.41, 5.74) is 3.22. The molecule has 1 aliphatic rings. The third kappa shape index (κ3) is 4.76. The Balaban J connectivity index is 1.55. The van der Waals surface area contributed by atoms with Crippen LogP contribution in [0.15, 0.2) is 53.0 Å². The average Bonchev–Trinajstić information content (AvgIpc) is 3.12. The highest BCUT2D eigenvalue weighted by Gasteiger charge is 2.27. The minimum Gasteiger partial charge on any atom is -0.356 e. The zero-order chi connectivity index (χ0) is 20.9. The van der Waals surface area contributed by atoms with E-state index in [4.69, 9.17) is 4.98 Å². The molecule has 1 fully saturated rings. The molecule has 0 bridgehead atoms. The lowest BCUT2D eigenvalue weighted by Gasteiger charge is -2.31. The average molecular weight is 469 g/mol. The molecule has 1 aliphatic heterocycles. The van der Waals surface area contributed by atoms with E-state index in [9.17, 15) is 4.79 Å². The van der Waals surface area contributed by atoms with Crippen LogP contribution in [0.25, 0.3) is 16.7 Å². The van der Waals surface area contributed by atoms with Crippen LogP contribution in [0, 0.1) is 5.92 Å². The van der Waals surface area contributed by atoms with Gasteiger partial charge in [0.05, 0.1) is 23.5 Å². The number of aromatic nitrogens is 2. The Kier molecular flexibility index (Phi) is 6.85. The number of carbonyl (C=O) groups excluding carboxylic acids is 1. The summed E-state index contributed by atoms with van der Waals surface area (Å²) < 4.78 is 3.30. The van der Waals surface area contributed by atoms with E-state index >= 15 is 0 Å². The van der Waals surface area contributed by atoms with Crippen LogP contribution < -0.4 is 5.32 Å². The van der Waals surface area contributed by atoms with Gasteiger partial charge in [-0.15, -0.1) is 0 Å². The topological polar surface area (TPSA) is 50.2 Å². The molecular weight excluding hydrogens is 440 g/mol. The van der Waals surface area contributed by atoms with Crippen LogP contribution in [0.3, 0.4) is 0 Å². The molecule has 0 saturated carbocycles. The second kappa shape index (κ2) is 9.75. The quantitative estimate of drug-likeness (QED) is 0.500. The van der Waals surface area contributed by atoms with Crippen LogP contribution in [0.2, 0.25) is 0 Å². The number of rotatable bonds is 7. The van der Waals surface area contributed by atoms with Crippen LogP contribution in [0.1, 0.15) is 38.4 Å². The van der Waals surface area contributed by atoms with Gasteiger partial charge < -0.3 is 5.32 Å². The highest BCUT2D eigenvalue weighted by atomic mass is 79.9. The van der Waals surface area contributed by atoms with E-state index in [2.05, 4.69) is 80.1 Å². The van der Waals surface area contributed by atoms with Crippen LogP contribution in [-0.4, -0.2) is 40.0 Å². The van der Waals surface area contributed by atoms with Crippen molar-refractivity contribution in [1.29, 1.82) is 0 Å². The molecule has 2 aromatic carbocycles. The third-order valence-electron chi connectivity index (χ3n) is 5.79. The van der Waals surface area contributed by atoms with Crippen molar-refractivity contribution in [2.45, 2.75) is 39.2 Å². The first kappa shape index (κ1) is 21.1. The van der Waals surface area contributed by atoms with Gasteiger partial charge in [-0.05, 0) is 62.2 Å². The number of hydrogen-bond donors (Lipinski definition) is 1. The number of likely N-dealkylation sites (tertiary alicyclic amines) is 1. The van der Waals surface area contributed by atoms with Gasteiger partial charge in [-0.25, -0.2) is 4.98 Å². The normalized spacial score (nSPS) is 17.3. The number of unbranched alkanes of at least 4 members (excludes halogenated alkanes) is 1. The number of carbonyl (C=O) groups is 1. The summed E-state index contributed by atoms with van der Waals surface area (Å²) in [7, 11) is 0. The summed E-state index contributed by atoms with van der Waals surface area (Å²) in [4.78, 5) is 19.9. The lowest BCUT2D eigenvalue weighted by atomic mass is 9.97. The molecule has 0 radical (unpaired) electrons. The predicted octanol–water partition coefficient (Wildman–Crippen LogP) is 4.92. The maximum Gasteiger partial charge on any atom is 0.224 e. The molecule has 1 saturated heterocycles. The zero-order valence-electron chi connectivity index (χ0n) is 17.5. The van der Waals surface area contributed by atoms with Crippen molar-refractivity contribution in [2.75, 3.05) is 19.6 Å². The minimum absolute atomic E-state index is 0.0705. The monoisotopic (exact) mass is 468 g/mol. The molecule has 6 heteroatoms. The van der Waals surface area contributed by atoms with Crippen LogP contribution in [-0.2, 0) is 11.3 Å². The van der Waals surface area contributed by atoms with Crippen LogP contribution in [0.4, 0.5) is 0 Å². The maximum atomic E-state index is 12.6. The van der Waals surface area contributed by atoms with Gasteiger partial charge in [0.2, 0.25) is 5.91 Å². The standard InChI is InChI=1S/C24H29BrN4O/c1-2-3-14-26-24(30)18-7-6-15-28(16-18)17-23-27-21-8-4-5-9-22(21)29(23)20-12-10-19(25)11-13-20/h4-5,8-13,18H,2-3,6-7,14-17H2,1H3,(H,26,30)/t18-/m0/s1. The number of nitrogens with zero attached hydrogens (tertiary/aromatic N) is 3. The van der Waals surface area contributed by atoms with E-state index < -0.39 is 0 Å². The Hall–Kier alpha value is -2.18. The van der Waals surface area contributed by atoms with Crippen molar-refractivity contribution in [3.8, 4) is 5.69 Å². The van der Waals surface area contributed by atoms with Crippen molar-refractivity contribution in [2.24, 2.45) is 5.92 Å². The molecule has 1 atom stereocenters. The van der Waals surface area contributed by atoms with Gasteiger partial charge >= 0.3 is 0 Å². The minimum atomic E-state index is 0.0705. The Morgan fingerprint density at radius 3 is 2.80 bits per heavy atom. The molecule has 0 aliphatic carbocycles. The fraction of sp³-hybridized carbons (Fsp3) is 0.417.